The van der Waals surface area contributed by atoms with E-state index in [0.717, 1.165) is 0 Å². The number of ether oxygens (including phenoxy) is 1. The molecule has 30 heavy (non-hydrogen) atoms. The van der Waals surface area contributed by atoms with Gasteiger partial charge in [0.2, 0.25) is 5.91 Å². The number of methoxy groups -OCH3 is 1. The standard InChI is InChI=1S/C23H24N2O5/c1-4-25(12-14(2)23(29)30-3)13-19(26)24-18-11-7-10-17-20(18)22(28)16-9-6-5-8-15(16)21(17)27/h5-11,14H,4,12-13H2,1-3H3,(H,24,26). The fourth-order valence-electron chi connectivity index (χ4n) is 3.61. The Labute approximate surface area is 175 Å². The first kappa shape index (κ1) is 21.4. The number of benzene rings is 2. The Morgan fingerprint density at radius 3 is 2.27 bits per heavy atom. The van der Waals surface area contributed by atoms with Crippen LogP contribution in [0.1, 0.15) is 45.7 Å². The average molecular weight is 408 g/mol. The Morgan fingerprint density at radius 1 is 1.00 bits per heavy atom. The molecular formula is C23H24N2O5. The van der Waals surface area contributed by atoms with E-state index in [4.69, 9.17) is 4.74 Å². The molecule has 0 aliphatic heterocycles. The Balaban J connectivity index is 1.80. The van der Waals surface area contributed by atoms with Crippen LogP contribution in [0.15, 0.2) is 42.5 Å². The first-order chi connectivity index (χ1) is 14.4. The molecule has 0 aromatic heterocycles. The van der Waals surface area contributed by atoms with Crippen LogP contribution in [0, 0.1) is 5.92 Å². The quantitative estimate of drug-likeness (QED) is 0.604. The van der Waals surface area contributed by atoms with Crippen LogP contribution < -0.4 is 5.32 Å². The average Bonchev–Trinajstić information content (AvgIpc) is 2.76. The summed E-state index contributed by atoms with van der Waals surface area (Å²) in [5.41, 5.74) is 1.50. The molecule has 2 aromatic carbocycles. The normalized spacial score (nSPS) is 13.5. The zero-order valence-corrected chi connectivity index (χ0v) is 17.2. The molecule has 7 heteroatoms. The predicted octanol–water partition coefficient (Wildman–Crippen LogP) is 2.53. The van der Waals surface area contributed by atoms with E-state index in [1.807, 2.05) is 11.8 Å². The second-order valence-corrected chi connectivity index (χ2v) is 7.23. The lowest BCUT2D eigenvalue weighted by atomic mass is 9.83. The van der Waals surface area contributed by atoms with Gasteiger partial charge < -0.3 is 10.1 Å². The van der Waals surface area contributed by atoms with E-state index in [0.29, 0.717) is 29.9 Å². The second kappa shape index (κ2) is 9.00. The summed E-state index contributed by atoms with van der Waals surface area (Å²) in [6.45, 7) is 4.60. The summed E-state index contributed by atoms with van der Waals surface area (Å²) in [5, 5.41) is 2.76. The van der Waals surface area contributed by atoms with Crippen molar-refractivity contribution in [2.75, 3.05) is 32.1 Å². The summed E-state index contributed by atoms with van der Waals surface area (Å²) in [6, 6.07) is 11.5. The largest absolute Gasteiger partial charge is 0.469 e. The summed E-state index contributed by atoms with van der Waals surface area (Å²) in [7, 11) is 1.33. The molecule has 2 aromatic rings. The molecular weight excluding hydrogens is 384 g/mol. The molecule has 7 nitrogen and oxygen atoms in total. The highest BCUT2D eigenvalue weighted by molar-refractivity contribution is 6.30. The smallest absolute Gasteiger partial charge is 0.309 e. The molecule has 0 radical (unpaired) electrons. The van der Waals surface area contributed by atoms with E-state index in [9.17, 15) is 19.2 Å². The minimum Gasteiger partial charge on any atom is -0.469 e. The van der Waals surface area contributed by atoms with Gasteiger partial charge in [0.15, 0.2) is 11.6 Å². The maximum absolute atomic E-state index is 13.0. The van der Waals surface area contributed by atoms with Crippen LogP contribution in [0.5, 0.6) is 0 Å². The lowest BCUT2D eigenvalue weighted by molar-refractivity contribution is -0.145. The summed E-state index contributed by atoms with van der Waals surface area (Å²) in [6.07, 6.45) is 0. The van der Waals surface area contributed by atoms with Crippen LogP contribution in [-0.2, 0) is 14.3 Å². The number of amides is 1. The van der Waals surface area contributed by atoms with Gasteiger partial charge in [0.25, 0.3) is 0 Å². The number of anilines is 1. The van der Waals surface area contributed by atoms with Crippen molar-refractivity contribution in [3.05, 3.63) is 64.7 Å². The van der Waals surface area contributed by atoms with Crippen LogP contribution >= 0.6 is 0 Å². The molecule has 1 unspecified atom stereocenters. The van der Waals surface area contributed by atoms with E-state index in [1.54, 1.807) is 49.4 Å². The third-order valence-electron chi connectivity index (χ3n) is 5.18. The maximum atomic E-state index is 13.0. The zero-order chi connectivity index (χ0) is 21.8. The van der Waals surface area contributed by atoms with Crippen molar-refractivity contribution in [1.29, 1.82) is 0 Å². The van der Waals surface area contributed by atoms with Gasteiger partial charge in [-0.3, -0.25) is 24.1 Å². The lowest BCUT2D eigenvalue weighted by Crippen LogP contribution is -2.38. The van der Waals surface area contributed by atoms with Crippen molar-refractivity contribution in [3.63, 3.8) is 0 Å². The molecule has 0 spiro atoms. The van der Waals surface area contributed by atoms with Crippen LogP contribution in [0.2, 0.25) is 0 Å². The van der Waals surface area contributed by atoms with E-state index in [-0.39, 0.29) is 47.0 Å². The second-order valence-electron chi connectivity index (χ2n) is 7.23. The number of nitrogens with zero attached hydrogens (tertiary/aromatic N) is 1. The van der Waals surface area contributed by atoms with E-state index >= 15 is 0 Å². The molecule has 0 heterocycles. The van der Waals surface area contributed by atoms with E-state index < -0.39 is 0 Å². The Hall–Kier alpha value is -3.32. The summed E-state index contributed by atoms with van der Waals surface area (Å²) >= 11 is 0. The molecule has 3 rings (SSSR count). The number of carbonyl (C=O) groups is 4. The lowest BCUT2D eigenvalue weighted by Gasteiger charge is -2.24. The third kappa shape index (κ3) is 4.16. The van der Waals surface area contributed by atoms with Crippen LogP contribution in [0.25, 0.3) is 0 Å². The van der Waals surface area contributed by atoms with Gasteiger partial charge in [0.1, 0.15) is 0 Å². The highest BCUT2D eigenvalue weighted by atomic mass is 16.5. The highest BCUT2D eigenvalue weighted by Crippen LogP contribution is 2.31. The van der Waals surface area contributed by atoms with Gasteiger partial charge in [-0.25, -0.2) is 0 Å². The number of esters is 1. The van der Waals surface area contributed by atoms with Crippen molar-refractivity contribution >= 4 is 29.1 Å². The van der Waals surface area contributed by atoms with E-state index in [1.165, 1.54) is 7.11 Å². The third-order valence-corrected chi connectivity index (χ3v) is 5.18. The van der Waals surface area contributed by atoms with Crippen molar-refractivity contribution < 1.29 is 23.9 Å². The van der Waals surface area contributed by atoms with E-state index in [2.05, 4.69) is 5.32 Å². The van der Waals surface area contributed by atoms with Crippen molar-refractivity contribution in [2.45, 2.75) is 13.8 Å². The van der Waals surface area contributed by atoms with Gasteiger partial charge in [-0.05, 0) is 12.6 Å². The van der Waals surface area contributed by atoms with Gasteiger partial charge >= 0.3 is 5.97 Å². The molecule has 0 fully saturated rings. The van der Waals surface area contributed by atoms with Crippen molar-refractivity contribution in [1.82, 2.24) is 4.90 Å². The fourth-order valence-corrected chi connectivity index (χ4v) is 3.61. The number of hydrogen-bond acceptors (Lipinski definition) is 6. The minimum atomic E-state index is -0.372. The number of hydrogen-bond donors (Lipinski definition) is 1. The Morgan fingerprint density at radius 2 is 1.63 bits per heavy atom. The predicted molar refractivity (Wildman–Crippen MR) is 112 cm³/mol. The van der Waals surface area contributed by atoms with Crippen LogP contribution in [-0.4, -0.2) is 55.1 Å². The number of likely N-dealkylation sites (N-methyl/N-ethyl adjacent to an activating group) is 1. The SMILES string of the molecule is CCN(CC(=O)Nc1cccc2c1C(=O)c1ccccc1C2=O)CC(C)C(=O)OC. The molecule has 0 bridgehead atoms. The number of ketones is 2. The van der Waals surface area contributed by atoms with Gasteiger partial charge in [0, 0.05) is 23.2 Å². The van der Waals surface area contributed by atoms with Gasteiger partial charge in [-0.15, -0.1) is 0 Å². The highest BCUT2D eigenvalue weighted by Gasteiger charge is 2.31. The number of fused-ring (bicyclic) bond motifs is 2. The number of nitrogens with one attached hydrogen (secondary N) is 1. The molecule has 0 saturated carbocycles. The van der Waals surface area contributed by atoms with Crippen LogP contribution in [0.4, 0.5) is 5.69 Å². The molecule has 1 aliphatic carbocycles. The zero-order valence-electron chi connectivity index (χ0n) is 17.2. The van der Waals surface area contributed by atoms with Crippen molar-refractivity contribution in [3.8, 4) is 0 Å². The molecule has 1 amide bonds. The van der Waals surface area contributed by atoms with Crippen LogP contribution in [0.3, 0.4) is 0 Å². The molecule has 0 saturated heterocycles. The fraction of sp³-hybridized carbons (Fsp3) is 0.304. The van der Waals surface area contributed by atoms with Crippen molar-refractivity contribution in [2.24, 2.45) is 5.92 Å². The van der Waals surface area contributed by atoms with Gasteiger partial charge in [-0.1, -0.05) is 50.2 Å². The molecule has 1 aliphatic rings. The van der Waals surface area contributed by atoms with Gasteiger partial charge in [-0.2, -0.15) is 0 Å². The summed E-state index contributed by atoms with van der Waals surface area (Å²) in [4.78, 5) is 52.0. The number of rotatable bonds is 7. The molecule has 156 valence electrons. The monoisotopic (exact) mass is 408 g/mol. The minimum absolute atomic E-state index is 0.0419. The topological polar surface area (TPSA) is 92.8 Å². The number of carbonyl (C=O) groups excluding carboxylic acids is 4. The maximum Gasteiger partial charge on any atom is 0.309 e. The Bertz CT molecular complexity index is 1010. The Kier molecular flexibility index (Phi) is 6.42. The van der Waals surface area contributed by atoms with Gasteiger partial charge in [0.05, 0.1) is 30.8 Å². The molecule has 1 atom stereocenters. The molecule has 1 N–H and O–H groups in total. The first-order valence-electron chi connectivity index (χ1n) is 9.78. The summed E-state index contributed by atoms with van der Waals surface area (Å²) < 4.78 is 4.74. The first-order valence-corrected chi connectivity index (χ1v) is 9.78. The summed E-state index contributed by atoms with van der Waals surface area (Å²) in [5.74, 6) is -1.57.